The number of thiophene rings is 1. The fraction of sp³-hybridized carbons (Fsp3) is 0.333. The van der Waals surface area contributed by atoms with Crippen LogP contribution < -0.4 is 5.73 Å². The van der Waals surface area contributed by atoms with Gasteiger partial charge in [0.25, 0.3) is 5.91 Å². The molecule has 2 aromatic rings. The maximum absolute atomic E-state index is 12.4. The first-order chi connectivity index (χ1) is 9.51. The van der Waals surface area contributed by atoms with E-state index in [0.717, 1.165) is 15.9 Å². The van der Waals surface area contributed by atoms with Gasteiger partial charge in [-0.05, 0) is 6.92 Å². The van der Waals surface area contributed by atoms with Crippen LogP contribution in [-0.4, -0.2) is 33.7 Å². The predicted octanol–water partition coefficient (Wildman–Crippen LogP) is 1.01. The molecule has 0 saturated heterocycles. The number of fused-ring (bicyclic) bond motifs is 1. The number of hydrogen-bond acceptors (Lipinski definition) is 6. The number of nitriles is 2. The molecule has 0 atom stereocenters. The van der Waals surface area contributed by atoms with Crippen LogP contribution in [0.2, 0.25) is 0 Å². The van der Waals surface area contributed by atoms with E-state index >= 15 is 0 Å². The zero-order valence-corrected chi connectivity index (χ0v) is 11.9. The third kappa shape index (κ3) is 2.06. The van der Waals surface area contributed by atoms with Gasteiger partial charge in [0.05, 0.1) is 28.9 Å². The normalized spacial score (nSPS) is 10.2. The Balaban J connectivity index is 2.50. The topological polar surface area (TPSA) is 112 Å². The van der Waals surface area contributed by atoms with Gasteiger partial charge in [0.2, 0.25) is 0 Å². The van der Waals surface area contributed by atoms with Crippen molar-refractivity contribution < 1.29 is 4.79 Å². The molecular weight excluding hydrogens is 276 g/mol. The number of rotatable bonds is 3. The second kappa shape index (κ2) is 5.19. The Morgan fingerprint density at radius 2 is 2.05 bits per heavy atom. The van der Waals surface area contributed by atoms with E-state index in [0.29, 0.717) is 10.6 Å². The van der Waals surface area contributed by atoms with E-state index < -0.39 is 5.91 Å². The fourth-order valence-electron chi connectivity index (χ4n) is 2.00. The minimum Gasteiger partial charge on any atom is -0.397 e. The first-order valence-electron chi connectivity index (χ1n) is 5.76. The quantitative estimate of drug-likeness (QED) is 0.847. The lowest BCUT2D eigenvalue weighted by Crippen LogP contribution is -2.31. The second-order valence-corrected chi connectivity index (χ2v) is 5.21. The zero-order chi connectivity index (χ0) is 14.9. The monoisotopic (exact) mass is 288 g/mol. The number of aromatic nitrogens is 2. The second-order valence-electron chi connectivity index (χ2n) is 4.21. The van der Waals surface area contributed by atoms with Gasteiger partial charge < -0.3 is 10.6 Å². The lowest BCUT2D eigenvalue weighted by Gasteiger charge is -2.14. The highest BCUT2D eigenvalue weighted by Crippen LogP contribution is 2.36. The molecule has 102 valence electrons. The highest BCUT2D eigenvalue weighted by atomic mass is 32.1. The van der Waals surface area contributed by atoms with Crippen molar-refractivity contribution >= 4 is 33.1 Å². The van der Waals surface area contributed by atoms with Gasteiger partial charge >= 0.3 is 0 Å². The van der Waals surface area contributed by atoms with Gasteiger partial charge in [-0.2, -0.15) is 15.6 Å². The molecule has 8 heteroatoms. The number of carbonyl (C=O) groups excluding carboxylic acids is 1. The molecule has 0 aromatic carbocycles. The highest BCUT2D eigenvalue weighted by Gasteiger charge is 2.24. The van der Waals surface area contributed by atoms with Crippen LogP contribution >= 0.6 is 11.3 Å². The van der Waals surface area contributed by atoms with Crippen molar-refractivity contribution in [3.8, 4) is 12.1 Å². The number of nitrogen functional groups attached to an aromatic ring is 1. The van der Waals surface area contributed by atoms with Crippen molar-refractivity contribution in [3.63, 3.8) is 0 Å². The van der Waals surface area contributed by atoms with E-state index in [9.17, 15) is 4.79 Å². The molecule has 0 unspecified atom stereocenters. The smallest absolute Gasteiger partial charge is 0.267 e. The van der Waals surface area contributed by atoms with Crippen LogP contribution in [0.5, 0.6) is 0 Å². The summed E-state index contributed by atoms with van der Waals surface area (Å²) >= 11 is 1.22. The van der Waals surface area contributed by atoms with Crippen molar-refractivity contribution in [3.05, 3.63) is 10.6 Å². The standard InChI is InChI=1S/C12H12N6OS/c1-7-8-9(15)10(20-12(8)17(2)16-7)11(19)18(5-3-13)6-4-14/h5-6,15H2,1-2H3. The maximum Gasteiger partial charge on any atom is 0.267 e. The molecule has 0 spiro atoms. The Morgan fingerprint density at radius 1 is 1.45 bits per heavy atom. The molecule has 7 nitrogen and oxygen atoms in total. The van der Waals surface area contributed by atoms with Gasteiger partial charge in [0.1, 0.15) is 22.8 Å². The van der Waals surface area contributed by atoms with Crippen LogP contribution in [0.1, 0.15) is 15.4 Å². The third-order valence-corrected chi connectivity index (χ3v) is 4.15. The largest absolute Gasteiger partial charge is 0.397 e. The van der Waals surface area contributed by atoms with E-state index in [-0.39, 0.29) is 13.1 Å². The predicted molar refractivity (Wildman–Crippen MR) is 74.9 cm³/mol. The zero-order valence-electron chi connectivity index (χ0n) is 11.0. The molecule has 0 bridgehead atoms. The van der Waals surface area contributed by atoms with E-state index in [1.165, 1.54) is 16.2 Å². The Labute approximate surface area is 119 Å². The number of nitrogens with two attached hydrogens (primary N) is 1. The fourth-order valence-corrected chi connectivity index (χ4v) is 3.16. The number of aryl methyl sites for hydroxylation is 2. The molecule has 0 aliphatic heterocycles. The minimum absolute atomic E-state index is 0.142. The molecule has 0 radical (unpaired) electrons. The van der Waals surface area contributed by atoms with Crippen molar-refractivity contribution in [1.82, 2.24) is 14.7 Å². The van der Waals surface area contributed by atoms with Crippen molar-refractivity contribution in [2.45, 2.75) is 6.92 Å². The van der Waals surface area contributed by atoms with E-state index in [1.54, 1.807) is 11.7 Å². The molecule has 0 fully saturated rings. The summed E-state index contributed by atoms with van der Waals surface area (Å²) in [6, 6.07) is 3.75. The highest BCUT2D eigenvalue weighted by molar-refractivity contribution is 7.21. The number of carbonyl (C=O) groups is 1. The summed E-state index contributed by atoms with van der Waals surface area (Å²) in [5.41, 5.74) is 7.14. The third-order valence-electron chi connectivity index (χ3n) is 2.89. The Kier molecular flexibility index (Phi) is 3.59. The SMILES string of the molecule is Cc1nn(C)c2sc(C(=O)N(CC#N)CC#N)c(N)c12. The lowest BCUT2D eigenvalue weighted by atomic mass is 10.2. The first kappa shape index (κ1) is 13.8. The molecule has 1 amide bonds. The Bertz CT molecular complexity index is 744. The maximum atomic E-state index is 12.4. The molecule has 20 heavy (non-hydrogen) atoms. The summed E-state index contributed by atoms with van der Waals surface area (Å²) in [5.74, 6) is -0.397. The summed E-state index contributed by atoms with van der Waals surface area (Å²) in [6.45, 7) is 1.54. The Morgan fingerprint density at radius 3 is 2.55 bits per heavy atom. The van der Waals surface area contributed by atoms with Crippen LogP contribution in [-0.2, 0) is 7.05 Å². The average Bonchev–Trinajstić information content (AvgIpc) is 2.88. The molecule has 0 aliphatic carbocycles. The molecular formula is C12H12N6OS. The number of hydrogen-bond donors (Lipinski definition) is 1. The summed E-state index contributed by atoms with van der Waals surface area (Å²) < 4.78 is 1.67. The number of anilines is 1. The molecule has 0 saturated carbocycles. The van der Waals surface area contributed by atoms with Gasteiger partial charge in [0.15, 0.2) is 0 Å². The first-order valence-corrected chi connectivity index (χ1v) is 6.57. The summed E-state index contributed by atoms with van der Waals surface area (Å²) in [7, 11) is 1.78. The van der Waals surface area contributed by atoms with Gasteiger partial charge in [-0.1, -0.05) is 0 Å². The molecule has 0 aliphatic rings. The summed E-state index contributed by atoms with van der Waals surface area (Å²) in [4.78, 5) is 14.7. The van der Waals surface area contributed by atoms with Crippen LogP contribution in [0.4, 0.5) is 5.69 Å². The number of amides is 1. The van der Waals surface area contributed by atoms with Crippen molar-refractivity contribution in [2.75, 3.05) is 18.8 Å². The van der Waals surface area contributed by atoms with Gasteiger partial charge in [-0.25, -0.2) is 0 Å². The summed E-state index contributed by atoms with van der Waals surface area (Å²) in [5, 5.41) is 22.4. The van der Waals surface area contributed by atoms with Gasteiger partial charge in [-0.15, -0.1) is 11.3 Å². The lowest BCUT2D eigenvalue weighted by molar-refractivity contribution is 0.0800. The average molecular weight is 288 g/mol. The van der Waals surface area contributed by atoms with E-state index in [1.807, 2.05) is 19.1 Å². The van der Waals surface area contributed by atoms with E-state index in [4.69, 9.17) is 16.3 Å². The van der Waals surface area contributed by atoms with Crippen LogP contribution in [0.15, 0.2) is 0 Å². The Hall–Kier alpha value is -2.58. The minimum atomic E-state index is -0.397. The molecule has 2 N–H and O–H groups in total. The summed E-state index contributed by atoms with van der Waals surface area (Å²) in [6.07, 6.45) is 0. The van der Waals surface area contributed by atoms with Gasteiger partial charge in [0, 0.05) is 7.05 Å². The van der Waals surface area contributed by atoms with Crippen LogP contribution in [0.3, 0.4) is 0 Å². The molecule has 2 rings (SSSR count). The van der Waals surface area contributed by atoms with Crippen molar-refractivity contribution in [2.24, 2.45) is 7.05 Å². The van der Waals surface area contributed by atoms with Crippen LogP contribution in [0, 0.1) is 29.6 Å². The van der Waals surface area contributed by atoms with Gasteiger partial charge in [-0.3, -0.25) is 9.48 Å². The molecule has 2 aromatic heterocycles. The number of nitrogens with zero attached hydrogens (tertiary/aromatic N) is 5. The molecule has 2 heterocycles. The van der Waals surface area contributed by atoms with Crippen LogP contribution in [0.25, 0.3) is 10.2 Å². The van der Waals surface area contributed by atoms with E-state index in [2.05, 4.69) is 5.10 Å². The van der Waals surface area contributed by atoms with Crippen molar-refractivity contribution in [1.29, 1.82) is 10.5 Å².